The Morgan fingerprint density at radius 1 is 1.16 bits per heavy atom. The lowest BCUT2D eigenvalue weighted by atomic mass is 10.1. The molecule has 3 rings (SSSR count). The molecule has 158 valence electrons. The monoisotopic (exact) mass is 459 g/mol. The number of thioether (sulfide) groups is 1. The highest BCUT2D eigenvalue weighted by Crippen LogP contribution is 2.32. The Bertz CT molecular complexity index is 1130. The van der Waals surface area contributed by atoms with Crippen LogP contribution in [0, 0.1) is 20.2 Å². The van der Waals surface area contributed by atoms with Crippen molar-refractivity contribution in [3.05, 3.63) is 78.7 Å². The summed E-state index contributed by atoms with van der Waals surface area (Å²) in [6, 6.07) is 8.79. The van der Waals surface area contributed by atoms with Gasteiger partial charge in [-0.3, -0.25) is 29.9 Å². The highest BCUT2D eigenvalue weighted by Gasteiger charge is 2.30. The fraction of sp³-hybridized carbons (Fsp3) is 0.105. The fourth-order valence-corrected chi connectivity index (χ4v) is 4.07. The van der Waals surface area contributed by atoms with Gasteiger partial charge in [0.1, 0.15) is 10.1 Å². The fourth-order valence-electron chi connectivity index (χ4n) is 2.68. The summed E-state index contributed by atoms with van der Waals surface area (Å²) in [5.74, 6) is -1.12. The number of nitro groups is 2. The molecule has 10 nitrogen and oxygen atoms in total. The first-order valence-electron chi connectivity index (χ1n) is 8.71. The molecule has 0 radical (unpaired) electrons. The second-order valence-electron chi connectivity index (χ2n) is 6.14. The molecule has 2 aromatic carbocycles. The van der Waals surface area contributed by atoms with Crippen molar-refractivity contribution in [2.45, 2.75) is 6.92 Å². The molecule has 1 amide bonds. The van der Waals surface area contributed by atoms with E-state index in [2.05, 4.69) is 0 Å². The number of rotatable bonds is 6. The van der Waals surface area contributed by atoms with E-state index in [9.17, 15) is 29.8 Å². The number of amides is 1. The van der Waals surface area contributed by atoms with Gasteiger partial charge < -0.3 is 4.74 Å². The lowest BCUT2D eigenvalue weighted by Gasteiger charge is -2.09. The maximum Gasteiger partial charge on any atom is 0.344 e. The topological polar surface area (TPSA) is 133 Å². The van der Waals surface area contributed by atoms with Crippen LogP contribution >= 0.6 is 24.0 Å². The van der Waals surface area contributed by atoms with E-state index in [1.807, 2.05) is 6.92 Å². The van der Waals surface area contributed by atoms with E-state index >= 15 is 0 Å². The Hall–Kier alpha value is -3.64. The van der Waals surface area contributed by atoms with E-state index < -0.39 is 27.2 Å². The maximum atomic E-state index is 12.4. The first-order valence-corrected chi connectivity index (χ1v) is 9.93. The van der Waals surface area contributed by atoms with Gasteiger partial charge in [-0.1, -0.05) is 36.1 Å². The van der Waals surface area contributed by atoms with Gasteiger partial charge in [0.25, 0.3) is 17.3 Å². The number of benzene rings is 2. The van der Waals surface area contributed by atoms with Crippen LogP contribution in [-0.4, -0.2) is 37.5 Å². The molecule has 1 heterocycles. The van der Waals surface area contributed by atoms with Gasteiger partial charge in [-0.2, -0.15) is 0 Å². The average Bonchev–Trinajstić information content (AvgIpc) is 3.00. The zero-order valence-corrected chi connectivity index (χ0v) is 17.5. The van der Waals surface area contributed by atoms with Crippen molar-refractivity contribution < 1.29 is 24.2 Å². The van der Waals surface area contributed by atoms with Crippen LogP contribution in [0.25, 0.3) is 6.08 Å². The molecule has 1 fully saturated rings. The second-order valence-corrected chi connectivity index (χ2v) is 7.82. The zero-order chi connectivity index (χ0) is 22.7. The van der Waals surface area contributed by atoms with E-state index in [1.54, 1.807) is 18.2 Å². The first-order chi connectivity index (χ1) is 14.7. The summed E-state index contributed by atoms with van der Waals surface area (Å²) in [6.45, 7) is 2.26. The Kier molecular flexibility index (Phi) is 6.42. The first kappa shape index (κ1) is 22.1. The van der Waals surface area contributed by atoms with Gasteiger partial charge in [0.05, 0.1) is 26.4 Å². The van der Waals surface area contributed by atoms with Crippen molar-refractivity contribution in [1.29, 1.82) is 0 Å². The standard InChI is InChI=1S/C19H13N3O7S2/c1-2-20-17(23)16(31-19(20)30)7-11-4-3-5-15(6-11)29-18(24)12-8-13(21(25)26)10-14(9-12)22(27)28/h3-10H,2H2,1H3/b16-7+. The zero-order valence-electron chi connectivity index (χ0n) is 15.8. The van der Waals surface area contributed by atoms with Crippen LogP contribution < -0.4 is 4.74 Å². The van der Waals surface area contributed by atoms with Crippen LogP contribution in [0.5, 0.6) is 5.75 Å². The quantitative estimate of drug-likeness (QED) is 0.157. The molecule has 0 saturated carbocycles. The number of hydrogen-bond donors (Lipinski definition) is 0. The Morgan fingerprint density at radius 2 is 1.81 bits per heavy atom. The third-order valence-corrected chi connectivity index (χ3v) is 5.49. The van der Waals surface area contributed by atoms with E-state index in [-0.39, 0.29) is 17.2 Å². The normalized spacial score (nSPS) is 14.7. The summed E-state index contributed by atoms with van der Waals surface area (Å²) in [5.41, 5.74) is -0.984. The van der Waals surface area contributed by atoms with E-state index in [1.165, 1.54) is 17.0 Å². The average molecular weight is 459 g/mol. The molecule has 0 unspecified atom stereocenters. The van der Waals surface area contributed by atoms with Gasteiger partial charge in [-0.15, -0.1) is 0 Å². The van der Waals surface area contributed by atoms with Crippen molar-refractivity contribution in [3.8, 4) is 5.75 Å². The van der Waals surface area contributed by atoms with Crippen LogP contribution in [0.2, 0.25) is 0 Å². The van der Waals surface area contributed by atoms with Crippen LogP contribution in [0.15, 0.2) is 47.4 Å². The minimum atomic E-state index is -0.999. The number of nitrogens with zero attached hydrogens (tertiary/aromatic N) is 3. The number of hydrogen-bond acceptors (Lipinski definition) is 9. The van der Waals surface area contributed by atoms with E-state index in [4.69, 9.17) is 17.0 Å². The molecule has 2 aromatic rings. The molecule has 0 N–H and O–H groups in total. The van der Waals surface area contributed by atoms with E-state index in [0.717, 1.165) is 30.0 Å². The molecule has 0 bridgehead atoms. The molecule has 1 aliphatic heterocycles. The lowest BCUT2D eigenvalue weighted by molar-refractivity contribution is -0.394. The number of non-ortho nitro benzene ring substituents is 2. The van der Waals surface area contributed by atoms with Gasteiger partial charge >= 0.3 is 5.97 Å². The third-order valence-electron chi connectivity index (χ3n) is 4.12. The Balaban J connectivity index is 1.85. The minimum absolute atomic E-state index is 0.0962. The van der Waals surface area contributed by atoms with E-state index in [0.29, 0.717) is 21.3 Å². The summed E-state index contributed by atoms with van der Waals surface area (Å²) in [4.78, 5) is 47.0. The molecule has 1 saturated heterocycles. The number of nitro benzene ring substituents is 2. The largest absolute Gasteiger partial charge is 0.423 e. The molecular weight excluding hydrogens is 446 g/mol. The highest BCUT2D eigenvalue weighted by molar-refractivity contribution is 8.26. The molecular formula is C19H13N3O7S2. The summed E-state index contributed by atoms with van der Waals surface area (Å²) < 4.78 is 5.68. The maximum absolute atomic E-state index is 12.4. The van der Waals surface area contributed by atoms with Crippen molar-refractivity contribution in [2.24, 2.45) is 0 Å². The number of thiocarbonyl (C=S) groups is 1. The summed E-state index contributed by atoms with van der Waals surface area (Å²) in [7, 11) is 0. The molecule has 0 aliphatic carbocycles. The number of ether oxygens (including phenoxy) is 1. The Labute approximate surface area is 184 Å². The molecule has 0 aromatic heterocycles. The number of likely N-dealkylation sites (N-methyl/N-ethyl adjacent to an activating group) is 1. The number of esters is 1. The summed E-state index contributed by atoms with van der Waals surface area (Å²) in [6.07, 6.45) is 1.60. The smallest absolute Gasteiger partial charge is 0.344 e. The predicted octanol–water partition coefficient (Wildman–Crippen LogP) is 3.94. The van der Waals surface area contributed by atoms with Gasteiger partial charge in [-0.05, 0) is 30.7 Å². The number of carbonyl (C=O) groups is 2. The van der Waals surface area contributed by atoms with Gasteiger partial charge in [-0.25, -0.2) is 4.79 Å². The van der Waals surface area contributed by atoms with Crippen LogP contribution in [0.4, 0.5) is 11.4 Å². The van der Waals surface area contributed by atoms with Crippen LogP contribution in [-0.2, 0) is 4.79 Å². The van der Waals surface area contributed by atoms with Crippen LogP contribution in [0.1, 0.15) is 22.8 Å². The molecule has 1 aliphatic rings. The van der Waals surface area contributed by atoms with Gasteiger partial charge in [0, 0.05) is 18.7 Å². The van der Waals surface area contributed by atoms with Crippen molar-refractivity contribution in [1.82, 2.24) is 4.90 Å². The number of carbonyl (C=O) groups excluding carboxylic acids is 2. The molecule has 12 heteroatoms. The van der Waals surface area contributed by atoms with Crippen LogP contribution in [0.3, 0.4) is 0 Å². The summed E-state index contributed by atoms with van der Waals surface area (Å²) in [5, 5.41) is 22.0. The molecule has 0 spiro atoms. The molecule has 31 heavy (non-hydrogen) atoms. The third kappa shape index (κ3) is 4.92. The van der Waals surface area contributed by atoms with Crippen molar-refractivity contribution in [3.63, 3.8) is 0 Å². The summed E-state index contributed by atoms with van der Waals surface area (Å²) >= 11 is 6.33. The molecule has 0 atom stereocenters. The van der Waals surface area contributed by atoms with Crippen molar-refractivity contribution >= 4 is 57.6 Å². The van der Waals surface area contributed by atoms with Gasteiger partial charge in [0.2, 0.25) is 0 Å². The second kappa shape index (κ2) is 9.02. The van der Waals surface area contributed by atoms with Crippen molar-refractivity contribution in [2.75, 3.05) is 6.54 Å². The lowest BCUT2D eigenvalue weighted by Crippen LogP contribution is -2.27. The SMILES string of the molecule is CCN1C(=O)/C(=C\c2cccc(OC(=O)c3cc([N+](=O)[O-])cc([N+](=O)[O-])c3)c2)SC1=S. The Morgan fingerprint density at radius 3 is 2.35 bits per heavy atom. The highest BCUT2D eigenvalue weighted by atomic mass is 32.2. The predicted molar refractivity (Wildman–Crippen MR) is 117 cm³/mol. The minimum Gasteiger partial charge on any atom is -0.423 e. The van der Waals surface area contributed by atoms with Gasteiger partial charge in [0.15, 0.2) is 0 Å².